The number of rotatable bonds is 5. The minimum absolute atomic E-state index is 0. The Kier molecular flexibility index (Phi) is 8.00. The first kappa shape index (κ1) is 17.9. The normalized spacial score (nSPS) is 19.4. The minimum atomic E-state index is 0. The van der Waals surface area contributed by atoms with Crippen LogP contribution in [0.4, 0.5) is 0 Å². The molecule has 0 amide bonds. The van der Waals surface area contributed by atoms with Gasteiger partial charge in [-0.25, -0.2) is 0 Å². The number of hydrogen-bond donors (Lipinski definition) is 1. The number of likely N-dealkylation sites (tertiary alicyclic amines) is 1. The molecule has 1 unspecified atom stereocenters. The summed E-state index contributed by atoms with van der Waals surface area (Å²) in [4.78, 5) is 2.39. The lowest BCUT2D eigenvalue weighted by molar-refractivity contribution is 0.150. The third kappa shape index (κ3) is 4.97. The monoisotopic (exact) mass is 338 g/mol. The molecule has 3 nitrogen and oxygen atoms in total. The first-order valence-electron chi connectivity index (χ1n) is 6.70. The lowest BCUT2D eigenvalue weighted by Gasteiger charge is -2.31. The molecule has 0 saturated carbocycles. The van der Waals surface area contributed by atoms with Crippen LogP contribution in [0.1, 0.15) is 12.8 Å². The molecule has 1 aromatic carbocycles. The molecule has 0 radical (unpaired) electrons. The highest BCUT2D eigenvalue weighted by molar-refractivity contribution is 6.37. The zero-order valence-corrected chi connectivity index (χ0v) is 13.7. The fourth-order valence-electron chi connectivity index (χ4n) is 2.44. The van der Waals surface area contributed by atoms with Crippen molar-refractivity contribution in [2.45, 2.75) is 12.8 Å². The van der Waals surface area contributed by atoms with Crippen LogP contribution in [0.2, 0.25) is 10.0 Å². The van der Waals surface area contributed by atoms with Crippen LogP contribution in [0.5, 0.6) is 5.75 Å². The molecule has 0 bridgehead atoms. The van der Waals surface area contributed by atoms with Gasteiger partial charge in [-0.2, -0.15) is 0 Å². The Hall–Kier alpha value is -0.190. The van der Waals surface area contributed by atoms with E-state index in [2.05, 4.69) is 4.90 Å². The lowest BCUT2D eigenvalue weighted by atomic mass is 9.98. The number of ether oxygens (including phenoxy) is 1. The number of halogens is 3. The molecule has 114 valence electrons. The van der Waals surface area contributed by atoms with Crippen molar-refractivity contribution in [1.82, 2.24) is 4.90 Å². The van der Waals surface area contributed by atoms with E-state index in [1.165, 1.54) is 12.8 Å². The molecule has 2 rings (SSSR count). The number of piperidine rings is 1. The van der Waals surface area contributed by atoms with Gasteiger partial charge in [0.2, 0.25) is 0 Å². The van der Waals surface area contributed by atoms with Crippen LogP contribution in [0, 0.1) is 5.92 Å². The fourth-order valence-corrected chi connectivity index (χ4v) is 2.95. The van der Waals surface area contributed by atoms with E-state index >= 15 is 0 Å². The second kappa shape index (κ2) is 8.96. The highest BCUT2D eigenvalue weighted by Gasteiger charge is 2.18. The molecule has 0 spiro atoms. The van der Waals surface area contributed by atoms with Crippen LogP contribution in [-0.2, 0) is 0 Å². The zero-order chi connectivity index (χ0) is 13.7. The van der Waals surface area contributed by atoms with Crippen molar-refractivity contribution in [2.75, 3.05) is 32.8 Å². The maximum absolute atomic E-state index is 6.06. The SMILES string of the molecule is Cl.NCC1CCCN(CCOc2c(Cl)cccc2Cl)C1. The Morgan fingerprint density at radius 2 is 2.00 bits per heavy atom. The average molecular weight is 340 g/mol. The van der Waals surface area contributed by atoms with Crippen molar-refractivity contribution in [3.63, 3.8) is 0 Å². The maximum atomic E-state index is 6.06. The van der Waals surface area contributed by atoms with E-state index in [0.717, 1.165) is 26.2 Å². The number of benzene rings is 1. The maximum Gasteiger partial charge on any atom is 0.156 e. The second-order valence-corrected chi connectivity index (χ2v) is 5.76. The van der Waals surface area contributed by atoms with E-state index in [9.17, 15) is 0 Å². The predicted molar refractivity (Wildman–Crippen MR) is 87.4 cm³/mol. The summed E-state index contributed by atoms with van der Waals surface area (Å²) in [7, 11) is 0. The van der Waals surface area contributed by atoms with Gasteiger partial charge in [-0.1, -0.05) is 29.3 Å². The quantitative estimate of drug-likeness (QED) is 0.893. The lowest BCUT2D eigenvalue weighted by Crippen LogP contribution is -2.40. The van der Waals surface area contributed by atoms with Crippen molar-refractivity contribution < 1.29 is 4.74 Å². The summed E-state index contributed by atoms with van der Waals surface area (Å²) in [5.41, 5.74) is 5.73. The Morgan fingerprint density at radius 3 is 2.65 bits per heavy atom. The molecular formula is C14H21Cl3N2O. The van der Waals surface area contributed by atoms with Crippen LogP contribution < -0.4 is 10.5 Å². The second-order valence-electron chi connectivity index (χ2n) is 4.94. The van der Waals surface area contributed by atoms with E-state index in [-0.39, 0.29) is 12.4 Å². The van der Waals surface area contributed by atoms with Crippen molar-refractivity contribution in [1.29, 1.82) is 0 Å². The summed E-state index contributed by atoms with van der Waals surface area (Å²) in [6.45, 7) is 4.44. The third-order valence-corrected chi connectivity index (χ3v) is 4.10. The molecule has 1 fully saturated rings. The Bertz CT molecular complexity index is 397. The topological polar surface area (TPSA) is 38.5 Å². The van der Waals surface area contributed by atoms with Gasteiger partial charge < -0.3 is 10.5 Å². The molecule has 2 N–H and O–H groups in total. The van der Waals surface area contributed by atoms with E-state index in [1.807, 2.05) is 6.07 Å². The Morgan fingerprint density at radius 1 is 1.30 bits per heavy atom. The predicted octanol–water partition coefficient (Wildman–Crippen LogP) is 3.46. The standard InChI is InChI=1S/C14H20Cl2N2O.ClH/c15-12-4-1-5-13(16)14(12)19-8-7-18-6-2-3-11(9-17)10-18;/h1,4-5,11H,2-3,6-10,17H2;1H. The summed E-state index contributed by atoms with van der Waals surface area (Å²) < 4.78 is 5.70. The molecule has 0 aromatic heterocycles. The molecule has 20 heavy (non-hydrogen) atoms. The molecule has 1 saturated heterocycles. The average Bonchev–Trinajstić information content (AvgIpc) is 2.42. The smallest absolute Gasteiger partial charge is 0.156 e. The first-order chi connectivity index (χ1) is 9.20. The molecule has 0 aliphatic carbocycles. The van der Waals surface area contributed by atoms with Crippen molar-refractivity contribution in [3.8, 4) is 5.75 Å². The summed E-state index contributed by atoms with van der Waals surface area (Å²) in [6.07, 6.45) is 2.46. The molecular weight excluding hydrogens is 319 g/mol. The van der Waals surface area contributed by atoms with Crippen molar-refractivity contribution in [2.24, 2.45) is 11.7 Å². The van der Waals surface area contributed by atoms with Crippen molar-refractivity contribution in [3.05, 3.63) is 28.2 Å². The number of para-hydroxylation sites is 1. The molecule has 1 aliphatic rings. The molecule has 1 aromatic rings. The third-order valence-electron chi connectivity index (χ3n) is 3.51. The van der Waals surface area contributed by atoms with Gasteiger partial charge in [-0.3, -0.25) is 4.90 Å². The number of nitrogens with two attached hydrogens (primary N) is 1. The number of hydrogen-bond acceptors (Lipinski definition) is 3. The Labute approximate surface area is 136 Å². The van der Waals surface area contributed by atoms with E-state index in [1.54, 1.807) is 12.1 Å². The van der Waals surface area contributed by atoms with Gasteiger partial charge in [0.1, 0.15) is 6.61 Å². The van der Waals surface area contributed by atoms with Crippen LogP contribution in [-0.4, -0.2) is 37.7 Å². The molecule has 1 aliphatic heterocycles. The van der Waals surface area contributed by atoms with Crippen LogP contribution >= 0.6 is 35.6 Å². The highest BCUT2D eigenvalue weighted by Crippen LogP contribution is 2.32. The van der Waals surface area contributed by atoms with Gasteiger partial charge in [-0.05, 0) is 44.0 Å². The van der Waals surface area contributed by atoms with Gasteiger partial charge >= 0.3 is 0 Å². The molecule has 6 heteroatoms. The van der Waals surface area contributed by atoms with Crippen LogP contribution in [0.15, 0.2) is 18.2 Å². The van der Waals surface area contributed by atoms with Crippen molar-refractivity contribution >= 4 is 35.6 Å². The van der Waals surface area contributed by atoms with Gasteiger partial charge in [0.15, 0.2) is 5.75 Å². The van der Waals surface area contributed by atoms with Crippen LogP contribution in [0.3, 0.4) is 0 Å². The molecule has 1 atom stereocenters. The van der Waals surface area contributed by atoms with Gasteiger partial charge in [0.05, 0.1) is 10.0 Å². The Balaban J connectivity index is 0.00000200. The number of nitrogens with zero attached hydrogens (tertiary/aromatic N) is 1. The fraction of sp³-hybridized carbons (Fsp3) is 0.571. The summed E-state index contributed by atoms with van der Waals surface area (Å²) >= 11 is 12.1. The van der Waals surface area contributed by atoms with E-state index in [4.69, 9.17) is 33.7 Å². The molecule has 1 heterocycles. The minimum Gasteiger partial charge on any atom is -0.489 e. The summed E-state index contributed by atoms with van der Waals surface area (Å²) in [5, 5.41) is 1.12. The van der Waals surface area contributed by atoms with E-state index in [0.29, 0.717) is 28.3 Å². The van der Waals surface area contributed by atoms with Crippen LogP contribution in [0.25, 0.3) is 0 Å². The van der Waals surface area contributed by atoms with Gasteiger partial charge in [-0.15, -0.1) is 12.4 Å². The first-order valence-corrected chi connectivity index (χ1v) is 7.45. The summed E-state index contributed by atoms with van der Waals surface area (Å²) in [5.74, 6) is 1.20. The van der Waals surface area contributed by atoms with E-state index < -0.39 is 0 Å². The summed E-state index contributed by atoms with van der Waals surface area (Å²) in [6, 6.07) is 5.39. The zero-order valence-electron chi connectivity index (χ0n) is 11.4. The van der Waals surface area contributed by atoms with Gasteiger partial charge in [0, 0.05) is 13.1 Å². The largest absolute Gasteiger partial charge is 0.489 e. The highest BCUT2D eigenvalue weighted by atomic mass is 35.5. The van der Waals surface area contributed by atoms with Gasteiger partial charge in [0.25, 0.3) is 0 Å².